The van der Waals surface area contributed by atoms with Crippen LogP contribution in [0.1, 0.15) is 31.2 Å². The van der Waals surface area contributed by atoms with Crippen molar-refractivity contribution in [1.82, 2.24) is 4.31 Å². The summed E-state index contributed by atoms with van der Waals surface area (Å²) in [6, 6.07) is 6.57. The number of benzene rings is 1. The molecule has 0 unspecified atom stereocenters. The molecule has 0 bridgehead atoms. The molecule has 1 aromatic carbocycles. The average molecular weight is 296 g/mol. The molecule has 0 aliphatic carbocycles. The first-order valence-electron chi connectivity index (χ1n) is 6.71. The van der Waals surface area contributed by atoms with Crippen molar-refractivity contribution in [2.75, 3.05) is 17.8 Å². The van der Waals surface area contributed by atoms with Crippen molar-refractivity contribution in [3.63, 3.8) is 0 Å². The molecule has 0 spiro atoms. The zero-order valence-corrected chi connectivity index (χ0v) is 12.1. The van der Waals surface area contributed by atoms with Crippen molar-refractivity contribution < 1.29 is 8.42 Å². The molecule has 1 aromatic rings. The van der Waals surface area contributed by atoms with E-state index in [1.54, 1.807) is 24.3 Å². The number of rotatable bonds is 4. The van der Waals surface area contributed by atoms with Crippen LogP contribution in [0.5, 0.6) is 0 Å². The molecule has 0 atom stereocenters. The zero-order chi connectivity index (χ0) is 14.6. The van der Waals surface area contributed by atoms with Crippen LogP contribution in [-0.4, -0.2) is 31.6 Å². The van der Waals surface area contributed by atoms with Gasteiger partial charge in [0.05, 0.1) is 5.69 Å². The predicted octanol–water partition coefficient (Wildman–Crippen LogP) is 1.50. The highest BCUT2D eigenvalue weighted by Crippen LogP contribution is 2.17. The minimum atomic E-state index is -3.53. The van der Waals surface area contributed by atoms with E-state index in [1.165, 1.54) is 4.31 Å². The van der Waals surface area contributed by atoms with Gasteiger partial charge in [-0.3, -0.25) is 10.1 Å². The van der Waals surface area contributed by atoms with Crippen LogP contribution in [0.15, 0.2) is 24.3 Å². The molecule has 1 heterocycles. The topological polar surface area (TPSA) is 99.3 Å². The minimum Gasteiger partial charge on any atom is -0.384 e. The predicted molar refractivity (Wildman–Crippen MR) is 80.0 cm³/mol. The Balaban J connectivity index is 2.14. The van der Waals surface area contributed by atoms with Crippen molar-refractivity contribution in [3.05, 3.63) is 29.8 Å². The number of hydrogen-bond donors (Lipinski definition) is 3. The molecular formula is C13H20N4O2S. The molecule has 0 saturated carbocycles. The second-order valence-corrected chi connectivity index (χ2v) is 6.59. The van der Waals surface area contributed by atoms with E-state index in [1.807, 2.05) is 0 Å². The molecule has 20 heavy (non-hydrogen) atoms. The Morgan fingerprint density at radius 3 is 2.45 bits per heavy atom. The quantitative estimate of drug-likeness (QED) is 0.580. The van der Waals surface area contributed by atoms with Gasteiger partial charge < -0.3 is 5.73 Å². The SMILES string of the molecule is N=C(N)c1cccc(NS(=O)(=O)N2CCCCCC2)c1. The number of nitrogen functional groups attached to an aromatic ring is 1. The molecule has 1 fully saturated rings. The van der Waals surface area contributed by atoms with Gasteiger partial charge in [-0.1, -0.05) is 25.0 Å². The summed E-state index contributed by atoms with van der Waals surface area (Å²) < 4.78 is 28.7. The Bertz CT molecular complexity index is 578. The van der Waals surface area contributed by atoms with Gasteiger partial charge in [-0.25, -0.2) is 0 Å². The highest BCUT2D eigenvalue weighted by Gasteiger charge is 2.22. The Morgan fingerprint density at radius 2 is 1.85 bits per heavy atom. The van der Waals surface area contributed by atoms with Gasteiger partial charge in [0.1, 0.15) is 5.84 Å². The summed E-state index contributed by atoms with van der Waals surface area (Å²) in [5.74, 6) is -0.0826. The van der Waals surface area contributed by atoms with E-state index in [-0.39, 0.29) is 5.84 Å². The summed E-state index contributed by atoms with van der Waals surface area (Å²) in [6.07, 6.45) is 3.94. The summed E-state index contributed by atoms with van der Waals surface area (Å²) in [6.45, 7) is 1.11. The first-order chi connectivity index (χ1) is 9.49. The van der Waals surface area contributed by atoms with E-state index >= 15 is 0 Å². The molecule has 7 heteroatoms. The second kappa shape index (κ2) is 6.23. The molecule has 0 aromatic heterocycles. The highest BCUT2D eigenvalue weighted by molar-refractivity contribution is 7.90. The van der Waals surface area contributed by atoms with Crippen LogP contribution in [0.3, 0.4) is 0 Å². The van der Waals surface area contributed by atoms with Crippen LogP contribution in [0.2, 0.25) is 0 Å². The maximum atomic E-state index is 12.3. The third kappa shape index (κ3) is 3.71. The minimum absolute atomic E-state index is 0.0826. The number of amidine groups is 1. The number of hydrogen-bond acceptors (Lipinski definition) is 3. The lowest BCUT2D eigenvalue weighted by Gasteiger charge is -2.20. The summed E-state index contributed by atoms with van der Waals surface area (Å²) in [5, 5.41) is 7.38. The molecule has 0 amide bonds. The third-order valence-electron chi connectivity index (χ3n) is 3.33. The van der Waals surface area contributed by atoms with Crippen molar-refractivity contribution in [3.8, 4) is 0 Å². The third-order valence-corrected chi connectivity index (χ3v) is 4.86. The van der Waals surface area contributed by atoms with Gasteiger partial charge in [-0.2, -0.15) is 12.7 Å². The standard InChI is InChI=1S/C13H20N4O2S/c14-13(15)11-6-5-7-12(10-11)16-20(18,19)17-8-3-1-2-4-9-17/h5-7,10,16H,1-4,8-9H2,(H3,14,15). The van der Waals surface area contributed by atoms with E-state index < -0.39 is 10.2 Å². The first kappa shape index (κ1) is 14.8. The lowest BCUT2D eigenvalue weighted by molar-refractivity contribution is 0.427. The summed E-state index contributed by atoms with van der Waals surface area (Å²) in [7, 11) is -3.53. The van der Waals surface area contributed by atoms with E-state index in [4.69, 9.17) is 11.1 Å². The van der Waals surface area contributed by atoms with E-state index in [9.17, 15) is 8.42 Å². The molecular weight excluding hydrogens is 276 g/mol. The number of anilines is 1. The lowest BCUT2D eigenvalue weighted by atomic mass is 10.2. The van der Waals surface area contributed by atoms with E-state index in [2.05, 4.69) is 4.72 Å². The van der Waals surface area contributed by atoms with Crippen molar-refractivity contribution in [2.45, 2.75) is 25.7 Å². The largest absolute Gasteiger partial charge is 0.384 e. The summed E-state index contributed by atoms with van der Waals surface area (Å²) in [5.41, 5.74) is 6.34. The molecule has 1 aliphatic rings. The first-order valence-corrected chi connectivity index (χ1v) is 8.15. The van der Waals surface area contributed by atoms with Gasteiger partial charge in [0.2, 0.25) is 0 Å². The van der Waals surface area contributed by atoms with Gasteiger partial charge in [-0.05, 0) is 25.0 Å². The van der Waals surface area contributed by atoms with Gasteiger partial charge in [0.15, 0.2) is 0 Å². The Morgan fingerprint density at radius 1 is 1.20 bits per heavy atom. The van der Waals surface area contributed by atoms with Gasteiger partial charge >= 0.3 is 10.2 Å². The van der Waals surface area contributed by atoms with Crippen molar-refractivity contribution in [2.24, 2.45) is 5.73 Å². The lowest BCUT2D eigenvalue weighted by Crippen LogP contribution is -2.36. The molecule has 1 saturated heterocycles. The van der Waals surface area contributed by atoms with Crippen molar-refractivity contribution in [1.29, 1.82) is 5.41 Å². The Labute approximate surface area is 119 Å². The molecule has 4 N–H and O–H groups in total. The second-order valence-electron chi connectivity index (χ2n) is 4.91. The smallest absolute Gasteiger partial charge is 0.301 e. The molecule has 0 radical (unpaired) electrons. The molecule has 2 rings (SSSR count). The summed E-state index contributed by atoms with van der Waals surface area (Å²) in [4.78, 5) is 0. The van der Waals surface area contributed by atoms with Crippen molar-refractivity contribution >= 4 is 21.7 Å². The van der Waals surface area contributed by atoms with Gasteiger partial charge in [0, 0.05) is 18.7 Å². The van der Waals surface area contributed by atoms with Crippen LogP contribution >= 0.6 is 0 Å². The van der Waals surface area contributed by atoms with Gasteiger partial charge in [-0.15, -0.1) is 0 Å². The number of nitrogens with one attached hydrogen (secondary N) is 2. The summed E-state index contributed by atoms with van der Waals surface area (Å²) >= 11 is 0. The van der Waals surface area contributed by atoms with Crippen LogP contribution in [0.4, 0.5) is 5.69 Å². The normalized spacial score (nSPS) is 17.4. The van der Waals surface area contributed by atoms with E-state index in [0.717, 1.165) is 25.7 Å². The molecule has 110 valence electrons. The fourth-order valence-corrected chi connectivity index (χ4v) is 3.54. The van der Waals surface area contributed by atoms with Crippen LogP contribution < -0.4 is 10.5 Å². The Kier molecular flexibility index (Phi) is 4.61. The number of nitrogens with two attached hydrogens (primary N) is 1. The van der Waals surface area contributed by atoms with Gasteiger partial charge in [0.25, 0.3) is 0 Å². The average Bonchev–Trinajstić information content (AvgIpc) is 2.67. The number of nitrogens with zero attached hydrogens (tertiary/aromatic N) is 1. The molecule has 1 aliphatic heterocycles. The van der Waals surface area contributed by atoms with Crippen LogP contribution in [0, 0.1) is 5.41 Å². The highest BCUT2D eigenvalue weighted by atomic mass is 32.2. The Hall–Kier alpha value is -1.60. The maximum absolute atomic E-state index is 12.3. The van der Waals surface area contributed by atoms with Crippen LogP contribution in [-0.2, 0) is 10.2 Å². The fourth-order valence-electron chi connectivity index (χ4n) is 2.25. The fraction of sp³-hybridized carbons (Fsp3) is 0.462. The molecule has 6 nitrogen and oxygen atoms in total. The van der Waals surface area contributed by atoms with Crippen LogP contribution in [0.25, 0.3) is 0 Å². The van der Waals surface area contributed by atoms with E-state index in [0.29, 0.717) is 24.3 Å². The zero-order valence-electron chi connectivity index (χ0n) is 11.3. The maximum Gasteiger partial charge on any atom is 0.301 e. The monoisotopic (exact) mass is 296 g/mol.